The van der Waals surface area contributed by atoms with Crippen LogP contribution in [0.15, 0.2) is 4.99 Å². The average molecular weight is 412 g/mol. The van der Waals surface area contributed by atoms with Crippen molar-refractivity contribution in [1.82, 2.24) is 10.2 Å². The fourth-order valence-electron chi connectivity index (χ4n) is 2.40. The summed E-state index contributed by atoms with van der Waals surface area (Å²) in [4.78, 5) is 17.6. The van der Waals surface area contributed by atoms with E-state index in [0.717, 1.165) is 31.9 Å². The summed E-state index contributed by atoms with van der Waals surface area (Å²) in [6.07, 6.45) is 2.57. The summed E-state index contributed by atoms with van der Waals surface area (Å²) in [6, 6.07) is 0. The molecular formula is C14H29IN4O2. The molecule has 6 nitrogen and oxygen atoms in total. The van der Waals surface area contributed by atoms with Gasteiger partial charge in [-0.15, -0.1) is 24.0 Å². The van der Waals surface area contributed by atoms with Gasteiger partial charge in [-0.25, -0.2) is 0 Å². The van der Waals surface area contributed by atoms with Gasteiger partial charge in [0.25, 0.3) is 0 Å². The number of guanidine groups is 1. The van der Waals surface area contributed by atoms with Crippen molar-refractivity contribution in [2.75, 3.05) is 33.8 Å². The Morgan fingerprint density at radius 3 is 2.71 bits per heavy atom. The van der Waals surface area contributed by atoms with Crippen molar-refractivity contribution >= 4 is 35.8 Å². The summed E-state index contributed by atoms with van der Waals surface area (Å²) in [7, 11) is 3.48. The largest absolute Gasteiger partial charge is 0.377 e. The number of rotatable bonds is 5. The van der Waals surface area contributed by atoms with Crippen LogP contribution < -0.4 is 11.1 Å². The summed E-state index contributed by atoms with van der Waals surface area (Å²) < 4.78 is 5.40. The van der Waals surface area contributed by atoms with Crippen molar-refractivity contribution in [2.45, 2.75) is 38.7 Å². The van der Waals surface area contributed by atoms with E-state index in [2.05, 4.69) is 15.2 Å². The molecule has 1 aliphatic rings. The number of carbonyl (C=O) groups is 1. The minimum Gasteiger partial charge on any atom is -0.377 e. The lowest BCUT2D eigenvalue weighted by Crippen LogP contribution is -2.50. The van der Waals surface area contributed by atoms with Crippen LogP contribution in [0.3, 0.4) is 0 Å². The zero-order valence-electron chi connectivity index (χ0n) is 13.5. The molecule has 0 radical (unpaired) electrons. The van der Waals surface area contributed by atoms with E-state index in [-0.39, 0.29) is 35.5 Å². The van der Waals surface area contributed by atoms with Crippen molar-refractivity contribution in [1.29, 1.82) is 0 Å². The summed E-state index contributed by atoms with van der Waals surface area (Å²) in [6.45, 7) is 6.53. The van der Waals surface area contributed by atoms with Gasteiger partial charge >= 0.3 is 0 Å². The molecule has 1 fully saturated rings. The molecule has 0 aromatic carbocycles. The monoisotopic (exact) mass is 412 g/mol. The van der Waals surface area contributed by atoms with E-state index < -0.39 is 0 Å². The third-order valence-electron chi connectivity index (χ3n) is 3.74. The average Bonchev–Trinajstić information content (AvgIpc) is 2.39. The van der Waals surface area contributed by atoms with Crippen LogP contribution in [-0.2, 0) is 9.53 Å². The van der Waals surface area contributed by atoms with Crippen LogP contribution in [0, 0.1) is 5.92 Å². The molecule has 21 heavy (non-hydrogen) atoms. The van der Waals surface area contributed by atoms with E-state index in [1.54, 1.807) is 14.2 Å². The van der Waals surface area contributed by atoms with Gasteiger partial charge in [-0.3, -0.25) is 9.79 Å². The maximum atomic E-state index is 11.1. The maximum absolute atomic E-state index is 11.1. The first-order chi connectivity index (χ1) is 9.38. The number of aliphatic imine (C=N–C) groups is 1. The molecule has 124 valence electrons. The molecule has 0 aromatic rings. The van der Waals surface area contributed by atoms with E-state index >= 15 is 0 Å². The SMILES string of the molecule is CN=C(NCC(C)(C)OC)N1CCCC(CC(N)=O)C1.I. The minimum absolute atomic E-state index is 0. The number of ether oxygens (including phenoxy) is 1. The normalized spacial score (nSPS) is 19.9. The second kappa shape index (κ2) is 9.45. The van der Waals surface area contributed by atoms with E-state index in [1.165, 1.54) is 0 Å². The molecule has 1 aliphatic heterocycles. The smallest absolute Gasteiger partial charge is 0.217 e. The number of hydrogen-bond acceptors (Lipinski definition) is 3. The number of amides is 1. The van der Waals surface area contributed by atoms with Crippen molar-refractivity contribution in [3.63, 3.8) is 0 Å². The molecule has 0 saturated carbocycles. The van der Waals surface area contributed by atoms with Crippen LogP contribution in [0.1, 0.15) is 33.1 Å². The zero-order valence-corrected chi connectivity index (χ0v) is 15.8. The number of nitrogens with two attached hydrogens (primary N) is 1. The highest BCUT2D eigenvalue weighted by Crippen LogP contribution is 2.19. The van der Waals surface area contributed by atoms with Gasteiger partial charge in [-0.1, -0.05) is 0 Å². The standard InChI is InChI=1S/C14H28N4O2.HI/c1-14(2,20-4)10-17-13(16-3)18-7-5-6-11(9-18)8-12(15)19;/h11H,5-10H2,1-4H3,(H2,15,19)(H,16,17);1H. The molecule has 1 unspecified atom stereocenters. The van der Waals surface area contributed by atoms with Crippen molar-refractivity contribution in [3.05, 3.63) is 0 Å². The highest BCUT2D eigenvalue weighted by molar-refractivity contribution is 14.0. The van der Waals surface area contributed by atoms with Crippen molar-refractivity contribution in [3.8, 4) is 0 Å². The number of likely N-dealkylation sites (tertiary alicyclic amines) is 1. The fraction of sp³-hybridized carbons (Fsp3) is 0.857. The van der Waals surface area contributed by atoms with Crippen LogP contribution in [0.25, 0.3) is 0 Å². The molecule has 1 amide bonds. The maximum Gasteiger partial charge on any atom is 0.217 e. The number of carbonyl (C=O) groups excluding carboxylic acids is 1. The lowest BCUT2D eigenvalue weighted by atomic mass is 9.95. The lowest BCUT2D eigenvalue weighted by Gasteiger charge is -2.35. The highest BCUT2D eigenvalue weighted by Gasteiger charge is 2.25. The highest BCUT2D eigenvalue weighted by atomic mass is 127. The summed E-state index contributed by atoms with van der Waals surface area (Å²) in [5.41, 5.74) is 5.05. The molecule has 3 N–H and O–H groups in total. The van der Waals surface area contributed by atoms with Gasteiger partial charge in [-0.05, 0) is 32.6 Å². The molecule has 1 heterocycles. The number of halogens is 1. The Bertz CT molecular complexity index is 361. The first kappa shape index (κ1) is 20.4. The third-order valence-corrected chi connectivity index (χ3v) is 3.74. The van der Waals surface area contributed by atoms with Crippen molar-refractivity contribution in [2.24, 2.45) is 16.6 Å². The Balaban J connectivity index is 0.00000400. The Hall–Kier alpha value is -0.570. The molecule has 0 aromatic heterocycles. The number of nitrogens with zero attached hydrogens (tertiary/aromatic N) is 2. The van der Waals surface area contributed by atoms with Crippen LogP contribution in [0.2, 0.25) is 0 Å². The molecule has 0 bridgehead atoms. The van der Waals surface area contributed by atoms with Gasteiger partial charge in [0, 0.05) is 40.2 Å². The van der Waals surface area contributed by atoms with E-state index in [0.29, 0.717) is 18.9 Å². The summed E-state index contributed by atoms with van der Waals surface area (Å²) in [5, 5.41) is 3.34. The van der Waals surface area contributed by atoms with E-state index in [1.807, 2.05) is 13.8 Å². The molecule has 1 saturated heterocycles. The Kier molecular flexibility index (Phi) is 9.19. The van der Waals surface area contributed by atoms with Crippen LogP contribution in [0.4, 0.5) is 0 Å². The number of methoxy groups -OCH3 is 1. The lowest BCUT2D eigenvalue weighted by molar-refractivity contribution is -0.119. The zero-order chi connectivity index (χ0) is 15.2. The number of primary amides is 1. The predicted octanol–water partition coefficient (Wildman–Crippen LogP) is 1.19. The predicted molar refractivity (Wildman–Crippen MR) is 96.0 cm³/mol. The van der Waals surface area contributed by atoms with Gasteiger partial charge < -0.3 is 20.7 Å². The van der Waals surface area contributed by atoms with Gasteiger partial charge in [0.2, 0.25) is 5.91 Å². The number of piperidine rings is 1. The Morgan fingerprint density at radius 2 is 2.19 bits per heavy atom. The molecule has 0 spiro atoms. The third kappa shape index (κ3) is 7.30. The van der Waals surface area contributed by atoms with E-state index in [9.17, 15) is 4.79 Å². The minimum atomic E-state index is -0.238. The number of hydrogen-bond donors (Lipinski definition) is 2. The second-order valence-electron chi connectivity index (χ2n) is 5.99. The molecule has 1 atom stereocenters. The molecule has 1 rings (SSSR count). The summed E-state index contributed by atoms with van der Waals surface area (Å²) in [5.74, 6) is 0.972. The molecule has 0 aliphatic carbocycles. The quantitative estimate of drug-likeness (QED) is 0.404. The van der Waals surface area contributed by atoms with E-state index in [4.69, 9.17) is 10.5 Å². The van der Waals surface area contributed by atoms with Gasteiger partial charge in [-0.2, -0.15) is 0 Å². The number of nitrogens with one attached hydrogen (secondary N) is 1. The summed E-state index contributed by atoms with van der Waals surface area (Å²) >= 11 is 0. The van der Waals surface area contributed by atoms with Gasteiger partial charge in [0.15, 0.2) is 5.96 Å². The topological polar surface area (TPSA) is 80.0 Å². The molecule has 7 heteroatoms. The van der Waals surface area contributed by atoms with Crippen LogP contribution in [0.5, 0.6) is 0 Å². The second-order valence-corrected chi connectivity index (χ2v) is 5.99. The Labute approximate surface area is 144 Å². The molecular weight excluding hydrogens is 383 g/mol. The van der Waals surface area contributed by atoms with Crippen LogP contribution in [-0.4, -0.2) is 56.2 Å². The van der Waals surface area contributed by atoms with Crippen LogP contribution >= 0.6 is 24.0 Å². The van der Waals surface area contributed by atoms with Gasteiger partial charge in [0.05, 0.1) is 5.60 Å². The fourth-order valence-corrected chi connectivity index (χ4v) is 2.40. The first-order valence-corrected chi connectivity index (χ1v) is 7.17. The van der Waals surface area contributed by atoms with Gasteiger partial charge in [0.1, 0.15) is 0 Å². The Morgan fingerprint density at radius 1 is 1.52 bits per heavy atom. The first-order valence-electron chi connectivity index (χ1n) is 7.17. The van der Waals surface area contributed by atoms with Crippen molar-refractivity contribution < 1.29 is 9.53 Å².